The van der Waals surface area contributed by atoms with Crippen LogP contribution in [0.1, 0.15) is 61.8 Å². The van der Waals surface area contributed by atoms with Crippen LogP contribution in [0.25, 0.3) is 10.9 Å². The Morgan fingerprint density at radius 1 is 1.03 bits per heavy atom. The van der Waals surface area contributed by atoms with Gasteiger partial charge in [-0.1, -0.05) is 58.9 Å². The zero-order chi connectivity index (χ0) is 25.7. The highest BCUT2D eigenvalue weighted by atomic mass is 35.5. The molecule has 0 aliphatic heterocycles. The minimum absolute atomic E-state index is 0.145. The molecule has 0 saturated carbocycles. The monoisotopic (exact) mass is 508 g/mol. The first-order chi connectivity index (χ1) is 16.1. The van der Waals surface area contributed by atoms with Crippen LogP contribution in [0.4, 0.5) is 5.82 Å². The summed E-state index contributed by atoms with van der Waals surface area (Å²) in [6, 6.07) is 5.98. The summed E-state index contributed by atoms with van der Waals surface area (Å²) in [5, 5.41) is 8.75. The summed E-state index contributed by atoms with van der Waals surface area (Å²) < 4.78 is 15.3. The van der Waals surface area contributed by atoms with Crippen molar-refractivity contribution in [2.24, 2.45) is 11.8 Å². The molecule has 1 aromatic carbocycles. The van der Waals surface area contributed by atoms with E-state index in [9.17, 15) is 4.21 Å². The molecule has 0 saturated heterocycles. The Bertz CT molecular complexity index is 906. The first-order valence-corrected chi connectivity index (χ1v) is 14.1. The quantitative estimate of drug-likeness (QED) is 0.244. The van der Waals surface area contributed by atoms with Crippen LogP contribution < -0.4 is 4.90 Å². The van der Waals surface area contributed by atoms with Gasteiger partial charge in [0.05, 0.1) is 10.4 Å². The summed E-state index contributed by atoms with van der Waals surface area (Å²) >= 11 is 5.64. The van der Waals surface area contributed by atoms with E-state index in [1.165, 1.54) is 0 Å². The molecule has 0 aliphatic carbocycles. The van der Waals surface area contributed by atoms with Gasteiger partial charge in [0.15, 0.2) is 5.82 Å². The van der Waals surface area contributed by atoms with E-state index in [0.717, 1.165) is 54.2 Å². The van der Waals surface area contributed by atoms with Crippen molar-refractivity contribution in [3.05, 3.63) is 42.5 Å². The molecule has 0 amide bonds. The van der Waals surface area contributed by atoms with E-state index < -0.39 is 11.0 Å². The van der Waals surface area contributed by atoms with Crippen molar-refractivity contribution in [1.82, 2.24) is 14.5 Å². The molecule has 0 spiro atoms. The summed E-state index contributed by atoms with van der Waals surface area (Å²) in [7, 11) is -1.15. The van der Waals surface area contributed by atoms with Crippen molar-refractivity contribution in [3.8, 4) is 0 Å². The largest absolute Gasteiger partial charge is 0.355 e. The lowest BCUT2D eigenvalue weighted by Gasteiger charge is -2.25. The van der Waals surface area contributed by atoms with Gasteiger partial charge in [0.25, 0.3) is 0 Å². The molecular weight excluding hydrogens is 464 g/mol. The molecular formula is C27H45ClN4OS. The normalized spacial score (nSPS) is 13.9. The van der Waals surface area contributed by atoms with Gasteiger partial charge >= 0.3 is 0 Å². The van der Waals surface area contributed by atoms with E-state index in [-0.39, 0.29) is 5.38 Å². The number of H-pyrrole nitrogens is 1. The summed E-state index contributed by atoms with van der Waals surface area (Å²) in [5.41, 5.74) is 0.988. The van der Waals surface area contributed by atoms with Crippen LogP contribution in [0.5, 0.6) is 0 Å². The van der Waals surface area contributed by atoms with E-state index >= 15 is 0 Å². The molecule has 2 unspecified atom stereocenters. The molecule has 5 nitrogen and oxygen atoms in total. The summed E-state index contributed by atoms with van der Waals surface area (Å²) in [5.74, 6) is 1.90. The Labute approximate surface area is 215 Å². The second-order valence-electron chi connectivity index (χ2n) is 9.21. The van der Waals surface area contributed by atoms with Crippen LogP contribution in [0.2, 0.25) is 0 Å². The van der Waals surface area contributed by atoms with Gasteiger partial charge in [-0.25, -0.2) is 8.51 Å². The van der Waals surface area contributed by atoms with Crippen molar-refractivity contribution in [2.45, 2.75) is 72.1 Å². The first kappa shape index (κ1) is 30.4. The number of benzene rings is 1. The van der Waals surface area contributed by atoms with Crippen molar-refractivity contribution >= 4 is 39.3 Å². The molecule has 0 aliphatic rings. The third-order valence-corrected chi connectivity index (χ3v) is 6.58. The van der Waals surface area contributed by atoms with E-state index in [1.54, 1.807) is 0 Å². The predicted octanol–water partition coefficient (Wildman–Crippen LogP) is 7.18. The number of alkyl halides is 1. The highest BCUT2D eigenvalue weighted by Crippen LogP contribution is 2.27. The van der Waals surface area contributed by atoms with Gasteiger partial charge in [0.2, 0.25) is 0 Å². The number of rotatable bonds is 12. The van der Waals surface area contributed by atoms with Gasteiger partial charge in [-0.2, -0.15) is 5.10 Å². The molecule has 0 fully saturated rings. The second-order valence-corrected chi connectivity index (χ2v) is 11.4. The fourth-order valence-electron chi connectivity index (χ4n) is 3.46. The number of fused-ring (bicyclic) bond motifs is 1. The van der Waals surface area contributed by atoms with Gasteiger partial charge < -0.3 is 4.90 Å². The fourth-order valence-corrected chi connectivity index (χ4v) is 5.11. The second kappa shape index (κ2) is 16.1. The highest BCUT2D eigenvalue weighted by molar-refractivity contribution is 7.82. The standard InChI is InChI=1S/C19H32N4OS.C8H13Cl/c1-7-22(8-2)19-17-11-16(9-10-18(17)20-21-19)25(24)23(12-14(3)4)13-15(5)6;1-3-4-5-6-7-8(2)9/h9-11,14-15H,7-8,12-13H2,1-6H3,(H,20,21);4-8H,3H2,1-2H3/b;5-4-,7-6-. The van der Waals surface area contributed by atoms with Crippen molar-refractivity contribution in [2.75, 3.05) is 31.1 Å². The highest BCUT2D eigenvalue weighted by Gasteiger charge is 2.20. The van der Waals surface area contributed by atoms with E-state index in [0.29, 0.717) is 11.8 Å². The van der Waals surface area contributed by atoms with E-state index in [1.807, 2.05) is 43.4 Å². The van der Waals surface area contributed by atoms with Gasteiger partial charge in [0, 0.05) is 36.9 Å². The molecule has 1 heterocycles. The first-order valence-electron chi connectivity index (χ1n) is 12.5. The van der Waals surface area contributed by atoms with Gasteiger partial charge in [0.1, 0.15) is 11.0 Å². The topological polar surface area (TPSA) is 52.2 Å². The lowest BCUT2D eigenvalue weighted by atomic mass is 10.2. The number of aromatic nitrogens is 2. The minimum atomic E-state index is -1.15. The van der Waals surface area contributed by atoms with Crippen LogP contribution in [0.3, 0.4) is 0 Å². The lowest BCUT2D eigenvalue weighted by molar-refractivity contribution is 0.351. The van der Waals surface area contributed by atoms with Crippen LogP contribution in [-0.4, -0.2) is 50.3 Å². The van der Waals surface area contributed by atoms with Gasteiger partial charge in [-0.3, -0.25) is 5.10 Å². The number of allylic oxidation sites excluding steroid dienone is 4. The molecule has 192 valence electrons. The van der Waals surface area contributed by atoms with Crippen molar-refractivity contribution < 1.29 is 4.21 Å². The van der Waals surface area contributed by atoms with Crippen LogP contribution in [0.15, 0.2) is 47.4 Å². The van der Waals surface area contributed by atoms with Gasteiger partial charge in [-0.15, -0.1) is 11.6 Å². The lowest BCUT2D eigenvalue weighted by Crippen LogP contribution is -2.33. The van der Waals surface area contributed by atoms with Crippen molar-refractivity contribution in [3.63, 3.8) is 0 Å². The fraction of sp³-hybridized carbons (Fsp3) is 0.593. The summed E-state index contributed by atoms with van der Waals surface area (Å²) in [4.78, 5) is 3.06. The van der Waals surface area contributed by atoms with Crippen molar-refractivity contribution in [1.29, 1.82) is 0 Å². The SMILES string of the molecule is CC/C=C\C=C/C(C)Cl.CCN(CC)c1n[nH]c2ccc(S(=O)N(CC(C)C)CC(C)C)cc12. The van der Waals surface area contributed by atoms with E-state index in [2.05, 4.69) is 73.9 Å². The Kier molecular flexibility index (Phi) is 14.4. The average molecular weight is 509 g/mol. The Morgan fingerprint density at radius 2 is 1.65 bits per heavy atom. The molecule has 0 bridgehead atoms. The molecule has 34 heavy (non-hydrogen) atoms. The third kappa shape index (κ3) is 10.3. The predicted molar refractivity (Wildman–Crippen MR) is 151 cm³/mol. The maximum atomic E-state index is 13.2. The molecule has 2 aromatic rings. The Hall–Kier alpha value is -1.63. The van der Waals surface area contributed by atoms with Crippen LogP contribution in [-0.2, 0) is 11.0 Å². The Morgan fingerprint density at radius 3 is 2.15 bits per heavy atom. The third-order valence-electron chi connectivity index (χ3n) is 5.01. The molecule has 2 atom stereocenters. The maximum Gasteiger partial charge on any atom is 0.158 e. The van der Waals surface area contributed by atoms with Gasteiger partial charge in [-0.05, 0) is 57.2 Å². The summed E-state index contributed by atoms with van der Waals surface area (Å²) in [6.07, 6.45) is 9.12. The number of anilines is 1. The minimum Gasteiger partial charge on any atom is -0.355 e. The maximum absolute atomic E-state index is 13.2. The number of nitrogens with one attached hydrogen (secondary N) is 1. The molecule has 1 N–H and O–H groups in total. The average Bonchev–Trinajstić information content (AvgIpc) is 3.19. The molecule has 0 radical (unpaired) electrons. The van der Waals surface area contributed by atoms with Crippen LogP contribution in [0, 0.1) is 11.8 Å². The number of hydrogen-bond acceptors (Lipinski definition) is 3. The smallest absolute Gasteiger partial charge is 0.158 e. The molecule has 7 heteroatoms. The summed E-state index contributed by atoms with van der Waals surface area (Å²) in [6.45, 7) is 20.4. The zero-order valence-electron chi connectivity index (χ0n) is 22.3. The number of aromatic amines is 1. The Balaban J connectivity index is 0.000000546. The van der Waals surface area contributed by atoms with E-state index in [4.69, 9.17) is 11.6 Å². The number of hydrogen-bond donors (Lipinski definition) is 1. The number of nitrogens with zero attached hydrogens (tertiary/aromatic N) is 3. The van der Waals surface area contributed by atoms with Crippen LogP contribution >= 0.6 is 11.6 Å². The molecule has 1 aromatic heterocycles. The zero-order valence-corrected chi connectivity index (χ0v) is 23.9. The molecule has 2 rings (SSSR count). The number of halogens is 1.